The van der Waals surface area contributed by atoms with Crippen LogP contribution in [0.2, 0.25) is 0 Å². The predicted octanol–water partition coefficient (Wildman–Crippen LogP) is 3.00. The Kier molecular flexibility index (Phi) is 5.64. The molecule has 18 heavy (non-hydrogen) atoms. The van der Waals surface area contributed by atoms with Crippen LogP contribution in [0.3, 0.4) is 0 Å². The van der Waals surface area contributed by atoms with Crippen LogP contribution in [0.5, 0.6) is 0 Å². The second-order valence-electron chi connectivity index (χ2n) is 6.16. The van der Waals surface area contributed by atoms with Gasteiger partial charge in [-0.05, 0) is 31.6 Å². The minimum atomic E-state index is 0.00864. The molecule has 1 N–H and O–H groups in total. The highest BCUT2D eigenvalue weighted by Gasteiger charge is 2.41. The third kappa shape index (κ3) is 3.25. The number of nitrogens with zero attached hydrogens (tertiary/aromatic N) is 1. The highest BCUT2D eigenvalue weighted by molar-refractivity contribution is 5.84. The number of amides is 1. The molecule has 3 heteroatoms. The SMILES string of the molecule is CCC(C)CC(C)N1C(=O)C(C(C)C)NC1CC. The maximum Gasteiger partial charge on any atom is 0.241 e. The summed E-state index contributed by atoms with van der Waals surface area (Å²) >= 11 is 0. The van der Waals surface area contributed by atoms with Crippen LogP contribution in [-0.2, 0) is 4.79 Å². The molecule has 1 amide bonds. The molecule has 0 saturated carbocycles. The predicted molar refractivity (Wildman–Crippen MR) is 76.2 cm³/mol. The fraction of sp³-hybridized carbons (Fsp3) is 0.933. The second-order valence-corrected chi connectivity index (χ2v) is 6.16. The molecule has 1 aliphatic rings. The van der Waals surface area contributed by atoms with Crippen LogP contribution in [0, 0.1) is 11.8 Å². The average molecular weight is 254 g/mol. The number of carbonyl (C=O) groups is 1. The smallest absolute Gasteiger partial charge is 0.241 e. The lowest BCUT2D eigenvalue weighted by Gasteiger charge is -2.31. The van der Waals surface area contributed by atoms with Crippen molar-refractivity contribution >= 4 is 5.91 Å². The summed E-state index contributed by atoms with van der Waals surface area (Å²) in [6.45, 7) is 13.1. The summed E-state index contributed by atoms with van der Waals surface area (Å²) in [5.41, 5.74) is 0. The Bertz CT molecular complexity index is 278. The topological polar surface area (TPSA) is 32.3 Å². The fourth-order valence-corrected chi connectivity index (χ4v) is 2.85. The summed E-state index contributed by atoms with van der Waals surface area (Å²) in [4.78, 5) is 14.6. The largest absolute Gasteiger partial charge is 0.323 e. The van der Waals surface area contributed by atoms with Gasteiger partial charge in [0.15, 0.2) is 0 Å². The molecule has 0 aromatic carbocycles. The molecule has 0 aromatic heterocycles. The minimum absolute atomic E-state index is 0.00864. The maximum atomic E-state index is 12.5. The lowest BCUT2D eigenvalue weighted by atomic mass is 9.98. The first-order valence-electron chi connectivity index (χ1n) is 7.50. The zero-order valence-corrected chi connectivity index (χ0v) is 12.9. The van der Waals surface area contributed by atoms with Gasteiger partial charge in [-0.15, -0.1) is 0 Å². The third-order valence-electron chi connectivity index (χ3n) is 4.20. The molecule has 4 atom stereocenters. The van der Waals surface area contributed by atoms with E-state index in [2.05, 4.69) is 51.8 Å². The molecule has 0 aliphatic carbocycles. The first-order valence-corrected chi connectivity index (χ1v) is 7.50. The summed E-state index contributed by atoms with van der Waals surface area (Å²) in [6, 6.07) is 0.350. The Balaban J connectivity index is 2.75. The monoisotopic (exact) mass is 254 g/mol. The lowest BCUT2D eigenvalue weighted by Crippen LogP contribution is -2.43. The van der Waals surface area contributed by atoms with Gasteiger partial charge in [-0.1, -0.05) is 41.0 Å². The number of hydrogen-bond acceptors (Lipinski definition) is 2. The van der Waals surface area contributed by atoms with Crippen LogP contribution in [-0.4, -0.2) is 29.1 Å². The summed E-state index contributed by atoms with van der Waals surface area (Å²) in [6.07, 6.45) is 3.50. The lowest BCUT2D eigenvalue weighted by molar-refractivity contribution is -0.133. The highest BCUT2D eigenvalue weighted by atomic mass is 16.2. The summed E-state index contributed by atoms with van der Waals surface area (Å²) < 4.78 is 0. The molecule has 0 bridgehead atoms. The van der Waals surface area contributed by atoms with Gasteiger partial charge in [0.1, 0.15) is 0 Å². The van der Waals surface area contributed by atoms with Gasteiger partial charge in [0.05, 0.1) is 12.2 Å². The van der Waals surface area contributed by atoms with Crippen LogP contribution >= 0.6 is 0 Å². The Morgan fingerprint density at radius 2 is 1.83 bits per heavy atom. The highest BCUT2D eigenvalue weighted by Crippen LogP contribution is 2.24. The summed E-state index contributed by atoms with van der Waals surface area (Å²) in [5, 5.41) is 3.49. The van der Waals surface area contributed by atoms with E-state index in [0.29, 0.717) is 23.8 Å². The fourth-order valence-electron chi connectivity index (χ4n) is 2.85. The molecule has 1 fully saturated rings. The third-order valence-corrected chi connectivity index (χ3v) is 4.20. The van der Waals surface area contributed by atoms with Crippen LogP contribution in [0.1, 0.15) is 60.8 Å². The van der Waals surface area contributed by atoms with E-state index in [-0.39, 0.29) is 12.2 Å². The molecule has 0 spiro atoms. The minimum Gasteiger partial charge on any atom is -0.323 e. The molecule has 4 unspecified atom stereocenters. The van der Waals surface area contributed by atoms with Crippen molar-refractivity contribution in [1.29, 1.82) is 0 Å². The van der Waals surface area contributed by atoms with Gasteiger partial charge in [0, 0.05) is 6.04 Å². The van der Waals surface area contributed by atoms with Crippen LogP contribution < -0.4 is 5.32 Å². The molecule has 1 heterocycles. The maximum absolute atomic E-state index is 12.5. The Morgan fingerprint density at radius 3 is 2.28 bits per heavy atom. The molecule has 1 rings (SSSR count). The standard InChI is InChI=1S/C15H30N2O/c1-7-11(5)9-12(6)17-13(8-2)16-14(10(3)4)15(17)18/h10-14,16H,7-9H2,1-6H3. The number of nitrogens with one attached hydrogen (secondary N) is 1. The molecule has 0 aromatic rings. The van der Waals surface area contributed by atoms with Gasteiger partial charge in [-0.25, -0.2) is 0 Å². The van der Waals surface area contributed by atoms with Gasteiger partial charge in [0.2, 0.25) is 5.91 Å². The molecule has 0 radical (unpaired) electrons. The Morgan fingerprint density at radius 1 is 1.22 bits per heavy atom. The number of rotatable bonds is 6. The van der Waals surface area contributed by atoms with E-state index in [1.807, 2.05) is 0 Å². The Labute approximate surface area is 112 Å². The van der Waals surface area contributed by atoms with Crippen molar-refractivity contribution in [1.82, 2.24) is 10.2 Å². The average Bonchev–Trinajstić information content (AvgIpc) is 2.66. The molecular formula is C15H30N2O. The number of carbonyl (C=O) groups excluding carboxylic acids is 1. The van der Waals surface area contributed by atoms with Crippen molar-refractivity contribution in [2.75, 3.05) is 0 Å². The first-order chi connectivity index (χ1) is 8.42. The molecule has 106 valence electrons. The summed E-state index contributed by atoms with van der Waals surface area (Å²) in [7, 11) is 0. The Hall–Kier alpha value is -0.570. The van der Waals surface area contributed by atoms with E-state index in [4.69, 9.17) is 0 Å². The van der Waals surface area contributed by atoms with Crippen molar-refractivity contribution in [3.63, 3.8) is 0 Å². The molecule has 3 nitrogen and oxygen atoms in total. The van der Waals surface area contributed by atoms with Crippen molar-refractivity contribution in [3.05, 3.63) is 0 Å². The van der Waals surface area contributed by atoms with E-state index < -0.39 is 0 Å². The quantitative estimate of drug-likeness (QED) is 0.790. The molecular weight excluding hydrogens is 224 g/mol. The van der Waals surface area contributed by atoms with E-state index in [9.17, 15) is 4.79 Å². The van der Waals surface area contributed by atoms with Crippen molar-refractivity contribution in [2.24, 2.45) is 11.8 Å². The van der Waals surface area contributed by atoms with Crippen LogP contribution in [0.15, 0.2) is 0 Å². The van der Waals surface area contributed by atoms with E-state index in [1.54, 1.807) is 0 Å². The van der Waals surface area contributed by atoms with Crippen molar-refractivity contribution in [3.8, 4) is 0 Å². The van der Waals surface area contributed by atoms with E-state index in [1.165, 1.54) is 6.42 Å². The normalized spacial score (nSPS) is 27.9. The molecule has 1 aliphatic heterocycles. The van der Waals surface area contributed by atoms with Gasteiger partial charge in [-0.3, -0.25) is 10.1 Å². The summed E-state index contributed by atoms with van der Waals surface area (Å²) in [5.74, 6) is 1.35. The zero-order chi connectivity index (χ0) is 13.9. The van der Waals surface area contributed by atoms with Gasteiger partial charge >= 0.3 is 0 Å². The second kappa shape index (κ2) is 6.55. The van der Waals surface area contributed by atoms with Crippen LogP contribution in [0.4, 0.5) is 0 Å². The van der Waals surface area contributed by atoms with Gasteiger partial charge in [0.25, 0.3) is 0 Å². The van der Waals surface area contributed by atoms with E-state index in [0.717, 1.165) is 12.8 Å². The van der Waals surface area contributed by atoms with Crippen molar-refractivity contribution in [2.45, 2.75) is 79.1 Å². The first kappa shape index (κ1) is 15.5. The van der Waals surface area contributed by atoms with Gasteiger partial charge in [-0.2, -0.15) is 0 Å². The van der Waals surface area contributed by atoms with Crippen LogP contribution in [0.25, 0.3) is 0 Å². The van der Waals surface area contributed by atoms with Crippen molar-refractivity contribution < 1.29 is 4.79 Å². The number of hydrogen-bond donors (Lipinski definition) is 1. The zero-order valence-electron chi connectivity index (χ0n) is 12.9. The van der Waals surface area contributed by atoms with E-state index >= 15 is 0 Å². The molecule has 1 saturated heterocycles. The van der Waals surface area contributed by atoms with Gasteiger partial charge < -0.3 is 4.90 Å².